The van der Waals surface area contributed by atoms with Crippen LogP contribution < -0.4 is 0 Å². The predicted molar refractivity (Wildman–Crippen MR) is 103 cm³/mol. The highest BCUT2D eigenvalue weighted by Crippen LogP contribution is 2.25. The van der Waals surface area contributed by atoms with E-state index < -0.39 is 0 Å². The summed E-state index contributed by atoms with van der Waals surface area (Å²) in [5.74, 6) is 0.0332. The van der Waals surface area contributed by atoms with Crippen molar-refractivity contribution in [3.63, 3.8) is 0 Å². The van der Waals surface area contributed by atoms with Crippen molar-refractivity contribution in [2.24, 2.45) is 7.05 Å². The van der Waals surface area contributed by atoms with Crippen LogP contribution in [-0.2, 0) is 25.0 Å². The van der Waals surface area contributed by atoms with E-state index in [0.29, 0.717) is 31.9 Å². The monoisotopic (exact) mass is 380 g/mol. The molecule has 0 aliphatic carbocycles. The second-order valence-electron chi connectivity index (χ2n) is 7.20. The molecule has 1 saturated heterocycles. The fourth-order valence-corrected chi connectivity index (χ4v) is 3.44. The zero-order chi connectivity index (χ0) is 19.7. The second kappa shape index (κ2) is 7.55. The van der Waals surface area contributed by atoms with Crippen LogP contribution in [0.15, 0.2) is 36.5 Å². The lowest BCUT2D eigenvalue weighted by Gasteiger charge is -2.38. The number of nitrogens with zero attached hydrogens (tertiary/aromatic N) is 6. The number of ether oxygens (including phenoxy) is 1. The molecule has 2 aromatic heterocycles. The van der Waals surface area contributed by atoms with E-state index in [4.69, 9.17) is 4.74 Å². The van der Waals surface area contributed by atoms with Crippen LogP contribution in [-0.4, -0.2) is 48.7 Å². The van der Waals surface area contributed by atoms with Gasteiger partial charge in [-0.3, -0.25) is 9.48 Å². The molecule has 0 saturated carbocycles. The van der Waals surface area contributed by atoms with E-state index in [1.54, 1.807) is 4.68 Å². The first-order valence-corrected chi connectivity index (χ1v) is 9.34. The fourth-order valence-electron chi connectivity index (χ4n) is 3.44. The summed E-state index contributed by atoms with van der Waals surface area (Å²) in [6.07, 6.45) is 1.90. The van der Waals surface area contributed by atoms with Crippen LogP contribution in [0.25, 0.3) is 0 Å². The SMILES string of the molecule is Cc1nn(C)c(C)c1C(=O)N1CC(n2cc(COCc3ccccc3)nn2)C1. The molecule has 3 aromatic rings. The maximum Gasteiger partial charge on any atom is 0.257 e. The molecule has 0 N–H and O–H groups in total. The average molecular weight is 380 g/mol. The van der Waals surface area contributed by atoms with Gasteiger partial charge in [-0.15, -0.1) is 5.10 Å². The average Bonchev–Trinajstić information content (AvgIpc) is 3.19. The van der Waals surface area contributed by atoms with Gasteiger partial charge in [0.25, 0.3) is 5.91 Å². The van der Waals surface area contributed by atoms with Gasteiger partial charge < -0.3 is 9.64 Å². The quantitative estimate of drug-likeness (QED) is 0.654. The molecule has 8 nitrogen and oxygen atoms in total. The van der Waals surface area contributed by atoms with Crippen molar-refractivity contribution in [3.8, 4) is 0 Å². The van der Waals surface area contributed by atoms with E-state index in [1.165, 1.54) is 0 Å². The van der Waals surface area contributed by atoms with Crippen LogP contribution in [0.1, 0.15) is 39.0 Å². The third kappa shape index (κ3) is 3.55. The Bertz CT molecular complexity index is 972. The number of aromatic nitrogens is 5. The minimum absolute atomic E-state index is 0.0332. The summed E-state index contributed by atoms with van der Waals surface area (Å²) in [7, 11) is 1.86. The molecule has 4 rings (SSSR count). The largest absolute Gasteiger partial charge is 0.370 e. The van der Waals surface area contributed by atoms with Crippen LogP contribution in [0.3, 0.4) is 0 Å². The van der Waals surface area contributed by atoms with Crippen LogP contribution in [0.4, 0.5) is 0 Å². The molecule has 0 atom stereocenters. The maximum absolute atomic E-state index is 12.7. The topological polar surface area (TPSA) is 78.1 Å². The summed E-state index contributed by atoms with van der Waals surface area (Å²) in [5, 5.41) is 12.7. The number of amides is 1. The molecule has 3 heterocycles. The van der Waals surface area contributed by atoms with E-state index in [1.807, 2.05) is 67.0 Å². The highest BCUT2D eigenvalue weighted by Gasteiger charge is 2.35. The van der Waals surface area contributed by atoms with Crippen molar-refractivity contribution < 1.29 is 9.53 Å². The third-order valence-corrected chi connectivity index (χ3v) is 5.17. The van der Waals surface area contributed by atoms with Gasteiger partial charge in [0.05, 0.1) is 36.7 Å². The van der Waals surface area contributed by atoms with E-state index in [0.717, 1.165) is 22.6 Å². The highest BCUT2D eigenvalue weighted by atomic mass is 16.5. The minimum Gasteiger partial charge on any atom is -0.370 e. The van der Waals surface area contributed by atoms with E-state index in [9.17, 15) is 4.79 Å². The fraction of sp³-hybridized carbons (Fsp3) is 0.400. The van der Waals surface area contributed by atoms with Gasteiger partial charge in [-0.1, -0.05) is 35.5 Å². The molecular formula is C20H24N6O2. The molecule has 1 fully saturated rings. The van der Waals surface area contributed by atoms with Gasteiger partial charge in [0, 0.05) is 25.8 Å². The Labute approximate surface area is 163 Å². The number of hydrogen-bond donors (Lipinski definition) is 0. The molecule has 28 heavy (non-hydrogen) atoms. The van der Waals surface area contributed by atoms with E-state index >= 15 is 0 Å². The van der Waals surface area contributed by atoms with Crippen molar-refractivity contribution in [2.75, 3.05) is 13.1 Å². The Hall–Kier alpha value is -3.00. The molecule has 0 unspecified atom stereocenters. The maximum atomic E-state index is 12.7. The molecule has 0 bridgehead atoms. The molecule has 8 heteroatoms. The first-order valence-electron chi connectivity index (χ1n) is 9.34. The first kappa shape index (κ1) is 18.4. The van der Waals surface area contributed by atoms with Crippen LogP contribution in [0, 0.1) is 13.8 Å². The van der Waals surface area contributed by atoms with Crippen LogP contribution >= 0.6 is 0 Å². The molecule has 0 radical (unpaired) electrons. The smallest absolute Gasteiger partial charge is 0.257 e. The summed E-state index contributed by atoms with van der Waals surface area (Å²) in [4.78, 5) is 14.6. The Kier molecular flexibility index (Phi) is 4.95. The number of hydrogen-bond acceptors (Lipinski definition) is 5. The number of likely N-dealkylation sites (tertiary alicyclic amines) is 1. The van der Waals surface area contributed by atoms with Gasteiger partial charge in [0.1, 0.15) is 5.69 Å². The zero-order valence-electron chi connectivity index (χ0n) is 16.4. The third-order valence-electron chi connectivity index (χ3n) is 5.17. The summed E-state index contributed by atoms with van der Waals surface area (Å²) in [5.41, 5.74) is 4.29. The normalized spacial score (nSPS) is 14.3. The molecule has 1 aromatic carbocycles. The summed E-state index contributed by atoms with van der Waals surface area (Å²) in [6, 6.07) is 10.2. The predicted octanol–water partition coefficient (Wildman–Crippen LogP) is 2.04. The van der Waals surface area contributed by atoms with Crippen molar-refractivity contribution in [1.29, 1.82) is 0 Å². The number of carbonyl (C=O) groups is 1. The van der Waals surface area contributed by atoms with E-state index in [2.05, 4.69) is 15.4 Å². The molecule has 0 spiro atoms. The number of rotatable bonds is 6. The van der Waals surface area contributed by atoms with Gasteiger partial charge in [0.15, 0.2) is 0 Å². The van der Waals surface area contributed by atoms with Crippen molar-refractivity contribution >= 4 is 5.91 Å². The molecule has 1 aliphatic rings. The van der Waals surface area contributed by atoms with Gasteiger partial charge >= 0.3 is 0 Å². The highest BCUT2D eigenvalue weighted by molar-refractivity contribution is 5.96. The molecule has 146 valence electrons. The van der Waals surface area contributed by atoms with Gasteiger partial charge in [-0.05, 0) is 19.4 Å². The standard InChI is InChI=1S/C20H24N6O2/c1-14-19(15(2)24(3)22-14)20(27)25-10-18(11-25)26-9-17(21-23-26)13-28-12-16-7-5-4-6-8-16/h4-9,18H,10-13H2,1-3H3. The molecule has 1 amide bonds. The Morgan fingerprint density at radius 1 is 1.18 bits per heavy atom. The lowest BCUT2D eigenvalue weighted by atomic mass is 10.1. The van der Waals surface area contributed by atoms with Gasteiger partial charge in [-0.2, -0.15) is 5.10 Å². The Balaban J connectivity index is 1.30. The second-order valence-corrected chi connectivity index (χ2v) is 7.20. The number of aryl methyl sites for hydroxylation is 2. The van der Waals surface area contributed by atoms with E-state index in [-0.39, 0.29) is 11.9 Å². The van der Waals surface area contributed by atoms with Crippen molar-refractivity contribution in [2.45, 2.75) is 33.1 Å². The lowest BCUT2D eigenvalue weighted by molar-refractivity contribution is 0.0496. The zero-order valence-corrected chi connectivity index (χ0v) is 16.4. The molecular weight excluding hydrogens is 356 g/mol. The van der Waals surface area contributed by atoms with Crippen molar-refractivity contribution in [3.05, 3.63) is 64.7 Å². The number of carbonyl (C=O) groups excluding carboxylic acids is 1. The van der Waals surface area contributed by atoms with Gasteiger partial charge in [-0.25, -0.2) is 4.68 Å². The minimum atomic E-state index is 0.0332. The summed E-state index contributed by atoms with van der Waals surface area (Å²) >= 11 is 0. The number of benzene rings is 1. The summed E-state index contributed by atoms with van der Waals surface area (Å²) in [6.45, 7) is 6.00. The lowest BCUT2D eigenvalue weighted by Crippen LogP contribution is -2.51. The summed E-state index contributed by atoms with van der Waals surface area (Å²) < 4.78 is 9.28. The van der Waals surface area contributed by atoms with Crippen molar-refractivity contribution in [1.82, 2.24) is 29.7 Å². The van der Waals surface area contributed by atoms with Crippen LogP contribution in [0.2, 0.25) is 0 Å². The molecule has 1 aliphatic heterocycles. The van der Waals surface area contributed by atoms with Gasteiger partial charge in [0.2, 0.25) is 0 Å². The first-order chi connectivity index (χ1) is 13.5. The van der Waals surface area contributed by atoms with Crippen LogP contribution in [0.5, 0.6) is 0 Å². The Morgan fingerprint density at radius 3 is 2.61 bits per heavy atom. The Morgan fingerprint density at radius 2 is 1.93 bits per heavy atom.